The van der Waals surface area contributed by atoms with Crippen molar-refractivity contribution < 1.29 is 9.53 Å². The minimum absolute atomic E-state index is 0.0789. The van der Waals surface area contributed by atoms with Crippen molar-refractivity contribution in [2.24, 2.45) is 0 Å². The van der Waals surface area contributed by atoms with E-state index in [-0.39, 0.29) is 12.1 Å². The number of nitrogens with two attached hydrogens (primary N) is 1. The lowest BCUT2D eigenvalue weighted by atomic mass is 9.98. The number of hydrogen-bond acceptors (Lipinski definition) is 6. The zero-order valence-corrected chi connectivity index (χ0v) is 14.0. The van der Waals surface area contributed by atoms with E-state index in [1.807, 2.05) is 18.2 Å². The summed E-state index contributed by atoms with van der Waals surface area (Å²) in [4.78, 5) is 16.4. The summed E-state index contributed by atoms with van der Waals surface area (Å²) in [6.45, 7) is 0. The monoisotopic (exact) mass is 336 g/mol. The normalized spacial score (nSPS) is 16.0. The van der Waals surface area contributed by atoms with Gasteiger partial charge in [0.15, 0.2) is 4.34 Å². The van der Waals surface area contributed by atoms with Crippen LogP contribution in [-0.4, -0.2) is 22.8 Å². The fraction of sp³-hybridized carbons (Fsp3) is 0.500. The van der Waals surface area contributed by atoms with Crippen molar-refractivity contribution in [3.8, 4) is 0 Å². The predicted molar refractivity (Wildman–Crippen MR) is 92.3 cm³/mol. The van der Waals surface area contributed by atoms with Crippen molar-refractivity contribution >= 4 is 45.0 Å². The van der Waals surface area contributed by atoms with E-state index in [4.69, 9.17) is 10.5 Å². The second-order valence-electron chi connectivity index (χ2n) is 5.56. The highest BCUT2D eigenvalue weighted by Gasteiger charge is 2.17. The number of carbonyl (C=O) groups excluding carboxylic acids is 1. The third-order valence-electron chi connectivity index (χ3n) is 3.77. The number of thiazole rings is 1. The molecule has 0 radical (unpaired) electrons. The van der Waals surface area contributed by atoms with Crippen LogP contribution >= 0.6 is 23.1 Å². The van der Waals surface area contributed by atoms with E-state index in [1.165, 1.54) is 19.3 Å². The third-order valence-corrected chi connectivity index (χ3v) is 5.94. The first-order valence-electron chi connectivity index (χ1n) is 7.69. The number of ether oxygens (including phenoxy) is 1. The Labute approximate surface area is 138 Å². The molecule has 1 aliphatic carbocycles. The fourth-order valence-corrected chi connectivity index (χ4v) is 4.74. The zero-order chi connectivity index (χ0) is 15.4. The Bertz CT molecular complexity index is 651. The molecule has 2 aromatic rings. The Hall–Kier alpha value is -1.27. The lowest BCUT2D eigenvalue weighted by molar-refractivity contribution is -0.149. The minimum Gasteiger partial charge on any atom is -0.462 e. The zero-order valence-electron chi connectivity index (χ0n) is 12.4. The molecule has 1 aliphatic rings. The molecule has 22 heavy (non-hydrogen) atoms. The molecule has 1 fully saturated rings. The molecule has 0 aliphatic heterocycles. The van der Waals surface area contributed by atoms with Crippen molar-refractivity contribution in [3.63, 3.8) is 0 Å². The van der Waals surface area contributed by atoms with Gasteiger partial charge in [0.25, 0.3) is 0 Å². The van der Waals surface area contributed by atoms with E-state index in [0.717, 1.165) is 33.1 Å². The SMILES string of the molecule is Nc1ccc2nc(SCCC(=O)OC3CCCCC3)sc2c1. The van der Waals surface area contributed by atoms with Crippen LogP contribution in [0, 0.1) is 0 Å². The van der Waals surface area contributed by atoms with Crippen molar-refractivity contribution in [2.45, 2.75) is 49.0 Å². The maximum absolute atomic E-state index is 11.8. The number of nitrogen functional groups attached to an aromatic ring is 1. The van der Waals surface area contributed by atoms with E-state index >= 15 is 0 Å². The molecular formula is C16H20N2O2S2. The molecule has 118 valence electrons. The molecule has 3 rings (SSSR count). The lowest BCUT2D eigenvalue weighted by Crippen LogP contribution is -2.21. The van der Waals surface area contributed by atoms with E-state index < -0.39 is 0 Å². The van der Waals surface area contributed by atoms with Gasteiger partial charge in [-0.3, -0.25) is 4.79 Å². The molecule has 0 bridgehead atoms. The lowest BCUT2D eigenvalue weighted by Gasteiger charge is -2.21. The van der Waals surface area contributed by atoms with E-state index in [2.05, 4.69) is 4.98 Å². The van der Waals surface area contributed by atoms with Crippen molar-refractivity contribution in [2.75, 3.05) is 11.5 Å². The summed E-state index contributed by atoms with van der Waals surface area (Å²) in [5.74, 6) is 0.630. The Morgan fingerprint density at radius 1 is 1.36 bits per heavy atom. The summed E-state index contributed by atoms with van der Waals surface area (Å²) in [5.41, 5.74) is 7.49. The summed E-state index contributed by atoms with van der Waals surface area (Å²) >= 11 is 3.23. The van der Waals surface area contributed by atoms with Gasteiger partial charge in [0.2, 0.25) is 0 Å². The molecule has 0 unspecified atom stereocenters. The average Bonchev–Trinajstić information content (AvgIpc) is 2.90. The van der Waals surface area contributed by atoms with Gasteiger partial charge >= 0.3 is 5.97 Å². The van der Waals surface area contributed by atoms with Crippen molar-refractivity contribution in [3.05, 3.63) is 18.2 Å². The van der Waals surface area contributed by atoms with Crippen LogP contribution in [0.4, 0.5) is 5.69 Å². The summed E-state index contributed by atoms with van der Waals surface area (Å²) in [7, 11) is 0. The molecule has 1 saturated carbocycles. The standard InChI is InChI=1S/C16H20N2O2S2/c17-11-6-7-13-14(10-11)22-16(18-13)21-9-8-15(19)20-12-4-2-1-3-5-12/h6-7,10,12H,1-5,8-9,17H2. The highest BCUT2D eigenvalue weighted by Crippen LogP contribution is 2.31. The molecule has 0 atom stereocenters. The molecule has 0 spiro atoms. The largest absolute Gasteiger partial charge is 0.462 e. The van der Waals surface area contributed by atoms with Crippen LogP contribution in [0.15, 0.2) is 22.5 Å². The van der Waals surface area contributed by atoms with Gasteiger partial charge in [0.05, 0.1) is 16.6 Å². The number of fused-ring (bicyclic) bond motifs is 1. The molecule has 2 N–H and O–H groups in total. The number of benzene rings is 1. The number of thioether (sulfide) groups is 1. The number of esters is 1. The van der Waals surface area contributed by atoms with Gasteiger partial charge in [0, 0.05) is 11.4 Å². The first-order valence-corrected chi connectivity index (χ1v) is 9.49. The number of anilines is 1. The molecule has 1 aromatic carbocycles. The second kappa shape index (κ2) is 7.33. The van der Waals surface area contributed by atoms with Crippen LogP contribution < -0.4 is 5.73 Å². The smallest absolute Gasteiger partial charge is 0.306 e. The van der Waals surface area contributed by atoms with Crippen LogP contribution in [0.5, 0.6) is 0 Å². The Morgan fingerprint density at radius 2 is 2.18 bits per heavy atom. The third kappa shape index (κ3) is 4.14. The van der Waals surface area contributed by atoms with Crippen LogP contribution in [0.2, 0.25) is 0 Å². The maximum Gasteiger partial charge on any atom is 0.306 e. The number of aromatic nitrogens is 1. The van der Waals surface area contributed by atoms with Crippen LogP contribution in [0.1, 0.15) is 38.5 Å². The predicted octanol–water partition coefficient (Wildman–Crippen LogP) is 4.24. The Kier molecular flexibility index (Phi) is 5.20. The molecule has 0 amide bonds. The van der Waals surface area contributed by atoms with Crippen LogP contribution in [-0.2, 0) is 9.53 Å². The summed E-state index contributed by atoms with van der Waals surface area (Å²) in [6.07, 6.45) is 6.28. The number of hydrogen-bond donors (Lipinski definition) is 1. The van der Waals surface area contributed by atoms with Gasteiger partial charge in [0.1, 0.15) is 6.10 Å². The molecular weight excluding hydrogens is 316 g/mol. The maximum atomic E-state index is 11.8. The summed E-state index contributed by atoms with van der Waals surface area (Å²) < 4.78 is 7.59. The van der Waals surface area contributed by atoms with Gasteiger partial charge < -0.3 is 10.5 Å². The van der Waals surface area contributed by atoms with Gasteiger partial charge in [-0.25, -0.2) is 4.98 Å². The molecule has 0 saturated heterocycles. The van der Waals surface area contributed by atoms with Gasteiger partial charge in [-0.1, -0.05) is 18.2 Å². The molecule has 4 nitrogen and oxygen atoms in total. The highest BCUT2D eigenvalue weighted by molar-refractivity contribution is 8.01. The quantitative estimate of drug-likeness (QED) is 0.503. The number of carbonyl (C=O) groups is 1. The van der Waals surface area contributed by atoms with E-state index in [1.54, 1.807) is 23.1 Å². The number of rotatable bonds is 5. The van der Waals surface area contributed by atoms with Gasteiger partial charge in [-0.2, -0.15) is 0 Å². The molecule has 1 heterocycles. The number of nitrogens with zero attached hydrogens (tertiary/aromatic N) is 1. The Balaban J connectivity index is 1.46. The van der Waals surface area contributed by atoms with Gasteiger partial charge in [-0.15, -0.1) is 11.3 Å². The Morgan fingerprint density at radius 3 is 3.00 bits per heavy atom. The second-order valence-corrected chi connectivity index (χ2v) is 7.93. The van der Waals surface area contributed by atoms with Gasteiger partial charge in [-0.05, 0) is 43.9 Å². The van der Waals surface area contributed by atoms with Crippen LogP contribution in [0.3, 0.4) is 0 Å². The topological polar surface area (TPSA) is 65.2 Å². The van der Waals surface area contributed by atoms with E-state index in [9.17, 15) is 4.79 Å². The molecule has 1 aromatic heterocycles. The van der Waals surface area contributed by atoms with Crippen molar-refractivity contribution in [1.82, 2.24) is 4.98 Å². The fourth-order valence-electron chi connectivity index (χ4n) is 2.63. The average molecular weight is 336 g/mol. The minimum atomic E-state index is -0.0789. The van der Waals surface area contributed by atoms with Crippen LogP contribution in [0.25, 0.3) is 10.2 Å². The first-order chi connectivity index (χ1) is 10.7. The summed E-state index contributed by atoms with van der Waals surface area (Å²) in [6, 6.07) is 5.73. The highest BCUT2D eigenvalue weighted by atomic mass is 32.2. The van der Waals surface area contributed by atoms with E-state index in [0.29, 0.717) is 12.2 Å². The molecule has 6 heteroatoms. The summed E-state index contributed by atoms with van der Waals surface area (Å²) in [5, 5.41) is 0. The van der Waals surface area contributed by atoms with Crippen molar-refractivity contribution in [1.29, 1.82) is 0 Å². The first kappa shape index (κ1) is 15.6.